The molecule has 3 nitrogen and oxygen atoms in total. The van der Waals surface area contributed by atoms with E-state index in [4.69, 9.17) is 11.6 Å². The third-order valence-electron chi connectivity index (χ3n) is 4.00. The summed E-state index contributed by atoms with van der Waals surface area (Å²) in [4.78, 5) is 15.1. The number of halogens is 2. The van der Waals surface area contributed by atoms with Crippen molar-refractivity contribution in [2.75, 3.05) is 20.6 Å². The summed E-state index contributed by atoms with van der Waals surface area (Å²) in [5.41, 5.74) is 2.65. The average Bonchev–Trinajstić information content (AvgIpc) is 2.90. The summed E-state index contributed by atoms with van der Waals surface area (Å²) in [7, 11) is 4.08. The van der Waals surface area contributed by atoms with E-state index in [9.17, 15) is 4.79 Å². The summed E-state index contributed by atoms with van der Waals surface area (Å²) < 4.78 is 2.51. The van der Waals surface area contributed by atoms with Gasteiger partial charge in [-0.3, -0.25) is 9.36 Å². The van der Waals surface area contributed by atoms with E-state index < -0.39 is 0 Å². The number of aromatic nitrogens is 1. The summed E-state index contributed by atoms with van der Waals surface area (Å²) >= 11 is 9.64. The van der Waals surface area contributed by atoms with E-state index in [1.54, 1.807) is 4.57 Å². The maximum absolute atomic E-state index is 13.0. The standard InChI is InChI=1S/C19H18BrClN2O/c1-22(2)10-9-13-12-23(18-8-7-14(21)11-16(13)18)19(24)15-5-3-4-6-17(15)20/h3-8,11-12H,9-10H2,1-2H3. The highest BCUT2D eigenvalue weighted by Gasteiger charge is 2.17. The fourth-order valence-corrected chi connectivity index (χ4v) is 3.37. The second-order valence-corrected chi connectivity index (χ2v) is 7.31. The predicted octanol–water partition coefficient (Wildman–Crippen LogP) is 4.85. The SMILES string of the molecule is CN(C)CCc1cn(C(=O)c2ccccc2Br)c2ccc(Cl)cc12. The Balaban J connectivity index is 2.11. The summed E-state index contributed by atoms with van der Waals surface area (Å²) in [6.07, 6.45) is 2.80. The molecule has 0 amide bonds. The van der Waals surface area contributed by atoms with Crippen LogP contribution in [0.3, 0.4) is 0 Å². The lowest BCUT2D eigenvalue weighted by Crippen LogP contribution is -2.15. The molecule has 0 radical (unpaired) electrons. The highest BCUT2D eigenvalue weighted by molar-refractivity contribution is 9.10. The highest BCUT2D eigenvalue weighted by Crippen LogP contribution is 2.27. The first kappa shape index (κ1) is 17.2. The Hall–Kier alpha value is -1.62. The highest BCUT2D eigenvalue weighted by atomic mass is 79.9. The number of nitrogens with zero attached hydrogens (tertiary/aromatic N) is 2. The molecule has 0 unspecified atom stereocenters. The van der Waals surface area contributed by atoms with Gasteiger partial charge in [-0.15, -0.1) is 0 Å². The number of likely N-dealkylation sites (N-methyl/N-ethyl adjacent to an activating group) is 1. The van der Waals surface area contributed by atoms with E-state index in [-0.39, 0.29) is 5.91 Å². The van der Waals surface area contributed by atoms with Gasteiger partial charge in [-0.25, -0.2) is 0 Å². The number of carbonyl (C=O) groups excluding carboxylic acids is 1. The molecule has 0 bridgehead atoms. The molecule has 0 aliphatic heterocycles. The number of hydrogen-bond donors (Lipinski definition) is 0. The second kappa shape index (κ2) is 7.09. The Labute approximate surface area is 155 Å². The number of benzene rings is 2. The second-order valence-electron chi connectivity index (χ2n) is 6.02. The van der Waals surface area contributed by atoms with Crippen LogP contribution in [0, 0.1) is 0 Å². The minimum absolute atomic E-state index is 0.0501. The molecular weight excluding hydrogens is 388 g/mol. The van der Waals surface area contributed by atoms with Gasteiger partial charge in [0.05, 0.1) is 11.1 Å². The van der Waals surface area contributed by atoms with Crippen molar-refractivity contribution in [1.29, 1.82) is 0 Å². The van der Waals surface area contributed by atoms with Gasteiger partial charge in [-0.1, -0.05) is 23.7 Å². The molecule has 0 N–H and O–H groups in total. The van der Waals surface area contributed by atoms with Gasteiger partial charge in [-0.2, -0.15) is 0 Å². The van der Waals surface area contributed by atoms with Crippen LogP contribution in [-0.2, 0) is 6.42 Å². The maximum Gasteiger partial charge on any atom is 0.263 e. The normalized spacial score (nSPS) is 11.4. The summed E-state index contributed by atoms with van der Waals surface area (Å²) in [5, 5.41) is 1.71. The molecule has 1 aromatic heterocycles. The number of fused-ring (bicyclic) bond motifs is 1. The number of rotatable bonds is 4. The maximum atomic E-state index is 13.0. The van der Waals surface area contributed by atoms with Crippen LogP contribution in [0.2, 0.25) is 5.02 Å². The first-order valence-electron chi connectivity index (χ1n) is 7.71. The Bertz CT molecular complexity index is 902. The van der Waals surface area contributed by atoms with E-state index in [1.807, 2.05) is 62.8 Å². The molecule has 0 aliphatic carbocycles. The molecule has 2 aromatic carbocycles. The van der Waals surface area contributed by atoms with Crippen LogP contribution in [0.25, 0.3) is 10.9 Å². The zero-order valence-electron chi connectivity index (χ0n) is 13.6. The Morgan fingerprint density at radius 1 is 1.21 bits per heavy atom. The van der Waals surface area contributed by atoms with Crippen molar-refractivity contribution in [3.05, 3.63) is 69.3 Å². The van der Waals surface area contributed by atoms with Crippen molar-refractivity contribution < 1.29 is 4.79 Å². The minimum Gasteiger partial charge on any atom is -0.309 e. The molecule has 0 fully saturated rings. The van der Waals surface area contributed by atoms with Crippen molar-refractivity contribution >= 4 is 44.3 Å². The van der Waals surface area contributed by atoms with Crippen LogP contribution in [0.4, 0.5) is 0 Å². The molecule has 3 rings (SSSR count). The van der Waals surface area contributed by atoms with E-state index in [0.717, 1.165) is 33.9 Å². The van der Waals surface area contributed by atoms with Gasteiger partial charge in [-0.05, 0) is 72.3 Å². The summed E-state index contributed by atoms with van der Waals surface area (Å²) in [6.45, 7) is 0.912. The topological polar surface area (TPSA) is 25.2 Å². The van der Waals surface area contributed by atoms with E-state index in [0.29, 0.717) is 10.6 Å². The fourth-order valence-electron chi connectivity index (χ4n) is 2.75. The number of carbonyl (C=O) groups is 1. The zero-order chi connectivity index (χ0) is 17.3. The van der Waals surface area contributed by atoms with E-state index in [1.165, 1.54) is 0 Å². The molecule has 0 saturated heterocycles. The largest absolute Gasteiger partial charge is 0.309 e. The first-order chi connectivity index (χ1) is 11.5. The van der Waals surface area contributed by atoms with Crippen molar-refractivity contribution in [2.45, 2.75) is 6.42 Å². The van der Waals surface area contributed by atoms with E-state index in [2.05, 4.69) is 20.8 Å². The van der Waals surface area contributed by atoms with Crippen LogP contribution < -0.4 is 0 Å². The monoisotopic (exact) mass is 404 g/mol. The molecule has 0 saturated carbocycles. The molecule has 1 heterocycles. The molecule has 5 heteroatoms. The molecule has 0 aliphatic rings. The van der Waals surface area contributed by atoms with Crippen LogP contribution in [0.5, 0.6) is 0 Å². The molecule has 24 heavy (non-hydrogen) atoms. The molecule has 0 atom stereocenters. The molecular formula is C19H18BrClN2O. The quantitative estimate of drug-likeness (QED) is 0.620. The van der Waals surface area contributed by atoms with Crippen molar-refractivity contribution in [1.82, 2.24) is 9.47 Å². The van der Waals surface area contributed by atoms with Gasteiger partial charge in [0.15, 0.2) is 0 Å². The lowest BCUT2D eigenvalue weighted by Gasteiger charge is -2.08. The molecule has 0 spiro atoms. The average molecular weight is 406 g/mol. The van der Waals surface area contributed by atoms with Gasteiger partial charge in [0.25, 0.3) is 5.91 Å². The van der Waals surface area contributed by atoms with Gasteiger partial charge in [0, 0.05) is 27.6 Å². The lowest BCUT2D eigenvalue weighted by molar-refractivity contribution is 0.0964. The van der Waals surface area contributed by atoms with Gasteiger partial charge in [0.2, 0.25) is 0 Å². The zero-order valence-corrected chi connectivity index (χ0v) is 15.9. The minimum atomic E-state index is -0.0501. The van der Waals surface area contributed by atoms with Gasteiger partial charge in [0.1, 0.15) is 0 Å². The van der Waals surface area contributed by atoms with E-state index >= 15 is 0 Å². The third kappa shape index (κ3) is 3.41. The van der Waals surface area contributed by atoms with Crippen molar-refractivity contribution in [2.24, 2.45) is 0 Å². The van der Waals surface area contributed by atoms with Crippen LogP contribution in [0.15, 0.2) is 53.1 Å². The summed E-state index contributed by atoms with van der Waals surface area (Å²) in [6, 6.07) is 13.1. The van der Waals surface area contributed by atoms with Crippen LogP contribution >= 0.6 is 27.5 Å². The molecule has 124 valence electrons. The summed E-state index contributed by atoms with van der Waals surface area (Å²) in [5.74, 6) is -0.0501. The fraction of sp³-hybridized carbons (Fsp3) is 0.211. The Kier molecular flexibility index (Phi) is 5.09. The first-order valence-corrected chi connectivity index (χ1v) is 8.88. The van der Waals surface area contributed by atoms with Crippen molar-refractivity contribution in [3.63, 3.8) is 0 Å². The predicted molar refractivity (Wildman–Crippen MR) is 103 cm³/mol. The lowest BCUT2D eigenvalue weighted by atomic mass is 10.1. The van der Waals surface area contributed by atoms with Gasteiger partial charge >= 0.3 is 0 Å². The Morgan fingerprint density at radius 3 is 2.67 bits per heavy atom. The Morgan fingerprint density at radius 2 is 1.96 bits per heavy atom. The smallest absolute Gasteiger partial charge is 0.263 e. The third-order valence-corrected chi connectivity index (χ3v) is 4.93. The number of hydrogen-bond acceptors (Lipinski definition) is 2. The molecule has 3 aromatic rings. The van der Waals surface area contributed by atoms with Crippen LogP contribution in [-0.4, -0.2) is 36.0 Å². The van der Waals surface area contributed by atoms with Crippen LogP contribution in [0.1, 0.15) is 15.9 Å². The van der Waals surface area contributed by atoms with Crippen molar-refractivity contribution in [3.8, 4) is 0 Å². The van der Waals surface area contributed by atoms with Gasteiger partial charge < -0.3 is 4.90 Å².